The van der Waals surface area contributed by atoms with Crippen molar-refractivity contribution in [1.82, 2.24) is 5.32 Å². The molecule has 0 aliphatic heterocycles. The second-order valence-electron chi connectivity index (χ2n) is 4.29. The first-order valence-electron chi connectivity index (χ1n) is 5.84. The summed E-state index contributed by atoms with van der Waals surface area (Å²) in [5.41, 5.74) is 5.56. The van der Waals surface area contributed by atoms with Gasteiger partial charge in [0.15, 0.2) is 0 Å². The summed E-state index contributed by atoms with van der Waals surface area (Å²) >= 11 is 0. The number of carbonyl (C=O) groups excluding carboxylic acids is 1. The minimum atomic E-state index is -0.815. The van der Waals surface area contributed by atoms with Crippen LogP contribution in [0, 0.1) is 11.8 Å². The average Bonchev–Trinajstić information content (AvgIpc) is 2.24. The van der Waals surface area contributed by atoms with Gasteiger partial charge in [-0.15, -0.1) is 0 Å². The van der Waals surface area contributed by atoms with E-state index < -0.39 is 10.8 Å². The van der Waals surface area contributed by atoms with E-state index in [9.17, 15) is 9.00 Å². The molecule has 0 saturated heterocycles. The Bertz CT molecular complexity index is 232. The van der Waals surface area contributed by atoms with Crippen molar-refractivity contribution in [3.63, 3.8) is 0 Å². The third-order valence-electron chi connectivity index (χ3n) is 2.36. The van der Waals surface area contributed by atoms with Crippen LogP contribution in [0.4, 0.5) is 0 Å². The van der Waals surface area contributed by atoms with Crippen molar-refractivity contribution in [3.8, 4) is 0 Å². The predicted octanol–water partition coefficient (Wildman–Crippen LogP) is 0.492. The number of carbonyl (C=O) groups is 1. The quantitative estimate of drug-likeness (QED) is 0.657. The van der Waals surface area contributed by atoms with E-state index in [0.29, 0.717) is 30.5 Å². The number of hydrogen-bond acceptors (Lipinski definition) is 3. The molecule has 0 fully saturated rings. The van der Waals surface area contributed by atoms with E-state index in [1.165, 1.54) is 0 Å². The molecule has 0 spiro atoms. The Morgan fingerprint density at radius 2 is 2.06 bits per heavy atom. The molecular formula is C11H24N2O2S. The summed E-state index contributed by atoms with van der Waals surface area (Å²) < 4.78 is 11.1. The highest BCUT2D eigenvalue weighted by molar-refractivity contribution is 7.84. The molecule has 3 N–H and O–H groups in total. The zero-order valence-electron chi connectivity index (χ0n) is 10.5. The fourth-order valence-electron chi connectivity index (χ4n) is 1.46. The topological polar surface area (TPSA) is 72.2 Å². The highest BCUT2D eigenvalue weighted by atomic mass is 32.2. The lowest BCUT2D eigenvalue weighted by molar-refractivity contribution is -0.125. The molecule has 0 aromatic carbocycles. The van der Waals surface area contributed by atoms with Crippen LogP contribution in [0.2, 0.25) is 0 Å². The normalized spacial score (nSPS) is 14.8. The summed E-state index contributed by atoms with van der Waals surface area (Å²) in [5, 5.41) is 2.79. The highest BCUT2D eigenvalue weighted by Gasteiger charge is 2.17. The van der Waals surface area contributed by atoms with E-state index >= 15 is 0 Å². The molecule has 2 atom stereocenters. The Morgan fingerprint density at radius 3 is 2.50 bits per heavy atom. The van der Waals surface area contributed by atoms with Crippen molar-refractivity contribution in [2.75, 3.05) is 24.6 Å². The maximum absolute atomic E-state index is 11.7. The molecular weight excluding hydrogens is 224 g/mol. The summed E-state index contributed by atoms with van der Waals surface area (Å²) in [5.74, 6) is 1.51. The van der Waals surface area contributed by atoms with Gasteiger partial charge in [-0.2, -0.15) is 0 Å². The Morgan fingerprint density at radius 1 is 1.44 bits per heavy atom. The fourth-order valence-corrected chi connectivity index (χ4v) is 2.07. The van der Waals surface area contributed by atoms with Crippen LogP contribution in [-0.4, -0.2) is 34.7 Å². The van der Waals surface area contributed by atoms with Gasteiger partial charge >= 0.3 is 0 Å². The molecule has 0 aliphatic carbocycles. The van der Waals surface area contributed by atoms with Crippen molar-refractivity contribution in [2.24, 2.45) is 17.6 Å². The maximum atomic E-state index is 11.7. The third-order valence-corrected chi connectivity index (χ3v) is 3.67. The van der Waals surface area contributed by atoms with E-state index in [2.05, 4.69) is 19.2 Å². The van der Waals surface area contributed by atoms with Gasteiger partial charge in [0.1, 0.15) is 0 Å². The van der Waals surface area contributed by atoms with Crippen LogP contribution in [0.15, 0.2) is 0 Å². The molecule has 0 radical (unpaired) electrons. The summed E-state index contributed by atoms with van der Waals surface area (Å²) in [6.07, 6.45) is 0.805. The van der Waals surface area contributed by atoms with Crippen molar-refractivity contribution < 1.29 is 9.00 Å². The molecule has 0 aliphatic rings. The lowest BCUT2D eigenvalue weighted by Crippen LogP contribution is -2.37. The highest BCUT2D eigenvalue weighted by Crippen LogP contribution is 2.10. The Hall–Kier alpha value is -0.420. The first-order chi connectivity index (χ1) is 7.51. The molecule has 5 heteroatoms. The van der Waals surface area contributed by atoms with E-state index in [-0.39, 0.29) is 11.8 Å². The first-order valence-corrected chi connectivity index (χ1v) is 7.32. The number of amides is 1. The molecule has 0 aromatic rings. The van der Waals surface area contributed by atoms with Crippen LogP contribution < -0.4 is 11.1 Å². The standard InChI is InChI=1S/C11H24N2O2S/c1-4-16(15)6-5-13-11(14)10(8-12)7-9(2)3/h9-10H,4-8,12H2,1-3H3,(H,13,14). The molecule has 0 saturated carbocycles. The Labute approximate surface area is 101 Å². The third kappa shape index (κ3) is 6.95. The van der Waals surface area contributed by atoms with E-state index in [0.717, 1.165) is 6.42 Å². The first kappa shape index (κ1) is 15.6. The molecule has 2 unspecified atom stereocenters. The van der Waals surface area contributed by atoms with E-state index in [4.69, 9.17) is 5.73 Å². The summed E-state index contributed by atoms with van der Waals surface area (Å²) in [6.45, 7) is 6.87. The molecule has 96 valence electrons. The molecule has 1 amide bonds. The van der Waals surface area contributed by atoms with Crippen LogP contribution in [-0.2, 0) is 15.6 Å². The SMILES string of the molecule is CCS(=O)CCNC(=O)C(CN)CC(C)C. The molecule has 0 heterocycles. The van der Waals surface area contributed by atoms with Crippen LogP contribution in [0.1, 0.15) is 27.2 Å². The van der Waals surface area contributed by atoms with Gasteiger partial charge in [-0.25, -0.2) is 0 Å². The van der Waals surface area contributed by atoms with Crippen LogP contribution in [0.5, 0.6) is 0 Å². The van der Waals surface area contributed by atoms with Gasteiger partial charge in [-0.1, -0.05) is 20.8 Å². The van der Waals surface area contributed by atoms with Gasteiger partial charge in [0.25, 0.3) is 0 Å². The van der Waals surface area contributed by atoms with Gasteiger partial charge in [0, 0.05) is 35.4 Å². The molecule has 0 rings (SSSR count). The van der Waals surface area contributed by atoms with Crippen molar-refractivity contribution in [1.29, 1.82) is 0 Å². The van der Waals surface area contributed by atoms with E-state index in [1.807, 2.05) is 6.92 Å². The minimum Gasteiger partial charge on any atom is -0.355 e. The fraction of sp³-hybridized carbons (Fsp3) is 0.909. The van der Waals surface area contributed by atoms with Gasteiger partial charge in [0.05, 0.1) is 5.92 Å². The zero-order valence-corrected chi connectivity index (χ0v) is 11.3. The summed E-state index contributed by atoms with van der Waals surface area (Å²) in [6, 6.07) is 0. The zero-order chi connectivity index (χ0) is 12.6. The predicted molar refractivity (Wildman–Crippen MR) is 68.6 cm³/mol. The van der Waals surface area contributed by atoms with Crippen molar-refractivity contribution in [2.45, 2.75) is 27.2 Å². The van der Waals surface area contributed by atoms with Crippen LogP contribution in [0.25, 0.3) is 0 Å². The largest absolute Gasteiger partial charge is 0.355 e. The molecule has 0 bridgehead atoms. The number of rotatable bonds is 8. The average molecular weight is 248 g/mol. The van der Waals surface area contributed by atoms with Gasteiger partial charge in [0.2, 0.25) is 5.91 Å². The monoisotopic (exact) mass is 248 g/mol. The lowest BCUT2D eigenvalue weighted by atomic mass is 9.96. The Kier molecular flexibility index (Phi) is 8.47. The second kappa shape index (κ2) is 8.70. The lowest BCUT2D eigenvalue weighted by Gasteiger charge is -2.16. The smallest absolute Gasteiger partial charge is 0.224 e. The van der Waals surface area contributed by atoms with Crippen molar-refractivity contribution in [3.05, 3.63) is 0 Å². The van der Waals surface area contributed by atoms with Crippen molar-refractivity contribution >= 4 is 16.7 Å². The van der Waals surface area contributed by atoms with E-state index in [1.54, 1.807) is 0 Å². The van der Waals surface area contributed by atoms with Gasteiger partial charge < -0.3 is 11.1 Å². The van der Waals surface area contributed by atoms with Gasteiger partial charge in [-0.05, 0) is 12.3 Å². The molecule has 0 aromatic heterocycles. The summed E-state index contributed by atoms with van der Waals surface area (Å²) in [4.78, 5) is 11.7. The maximum Gasteiger partial charge on any atom is 0.224 e. The molecule has 4 nitrogen and oxygen atoms in total. The van der Waals surface area contributed by atoms with Crippen LogP contribution >= 0.6 is 0 Å². The molecule has 16 heavy (non-hydrogen) atoms. The van der Waals surface area contributed by atoms with Gasteiger partial charge in [-0.3, -0.25) is 9.00 Å². The number of nitrogens with one attached hydrogen (secondary N) is 1. The second-order valence-corrected chi connectivity index (χ2v) is 6.15. The Balaban J connectivity index is 3.88. The minimum absolute atomic E-state index is 0.00990. The van der Waals surface area contributed by atoms with Crippen LogP contribution in [0.3, 0.4) is 0 Å². The number of hydrogen-bond donors (Lipinski definition) is 2. The number of nitrogens with two attached hydrogens (primary N) is 1. The summed E-state index contributed by atoms with van der Waals surface area (Å²) in [7, 11) is -0.815.